The lowest BCUT2D eigenvalue weighted by Gasteiger charge is -2.44. The van der Waals surface area contributed by atoms with E-state index >= 15 is 0 Å². The normalized spacial score (nSPS) is 42.5. The lowest BCUT2D eigenvalue weighted by molar-refractivity contribution is -0.0698. The molecule has 3 rings (SSSR count). The van der Waals surface area contributed by atoms with Crippen LogP contribution in [0.15, 0.2) is 0 Å². The van der Waals surface area contributed by atoms with Gasteiger partial charge in [0.2, 0.25) is 0 Å². The zero-order valence-corrected chi connectivity index (χ0v) is 12.8. The van der Waals surface area contributed by atoms with Crippen LogP contribution in [-0.2, 0) is 0 Å². The minimum Gasteiger partial charge on any atom is -0.387 e. The molecule has 0 aromatic heterocycles. The molecule has 0 radical (unpaired) electrons. The molecule has 1 aliphatic heterocycles. The average Bonchev–Trinajstić information content (AvgIpc) is 3.23. The SMILES string of the molecule is CCCC1CCC(C#N)(C2(O)CCN(C3CC3)C2)CC1. The van der Waals surface area contributed by atoms with Crippen LogP contribution in [0, 0.1) is 22.7 Å². The second kappa shape index (κ2) is 5.31. The number of hydrogen-bond donors (Lipinski definition) is 1. The van der Waals surface area contributed by atoms with Crippen LogP contribution in [0.1, 0.15) is 64.7 Å². The Morgan fingerprint density at radius 2 is 1.90 bits per heavy atom. The molecule has 0 aromatic rings. The number of β-amino-alcohol motifs (C(OH)–C–C–N with tert-alkyl or cyclic N) is 1. The third kappa shape index (κ3) is 2.38. The standard InChI is InChI=1S/C17H28N2O/c1-2-3-14-6-8-16(12-18,9-7-14)17(20)10-11-19(13-17)15-4-5-15/h14-15,20H,2-11,13H2,1H3. The van der Waals surface area contributed by atoms with Gasteiger partial charge in [-0.25, -0.2) is 0 Å². The maximum atomic E-state index is 11.2. The van der Waals surface area contributed by atoms with Crippen molar-refractivity contribution in [2.45, 2.75) is 76.4 Å². The Kier molecular flexibility index (Phi) is 3.81. The van der Waals surface area contributed by atoms with Crippen LogP contribution in [0.3, 0.4) is 0 Å². The van der Waals surface area contributed by atoms with Crippen LogP contribution in [0.4, 0.5) is 0 Å². The van der Waals surface area contributed by atoms with E-state index in [1.54, 1.807) is 0 Å². The molecule has 0 bridgehead atoms. The van der Waals surface area contributed by atoms with Gasteiger partial charge in [0.25, 0.3) is 0 Å². The molecule has 3 aliphatic rings. The average molecular weight is 276 g/mol. The van der Waals surface area contributed by atoms with Crippen molar-refractivity contribution in [1.29, 1.82) is 5.26 Å². The zero-order chi connectivity index (χ0) is 14.2. The molecule has 1 unspecified atom stereocenters. The topological polar surface area (TPSA) is 47.3 Å². The maximum Gasteiger partial charge on any atom is 0.0971 e. The van der Waals surface area contributed by atoms with E-state index in [4.69, 9.17) is 0 Å². The highest BCUT2D eigenvalue weighted by Crippen LogP contribution is 2.51. The highest BCUT2D eigenvalue weighted by molar-refractivity contribution is 5.16. The Morgan fingerprint density at radius 3 is 2.45 bits per heavy atom. The van der Waals surface area contributed by atoms with Crippen LogP contribution < -0.4 is 0 Å². The summed E-state index contributed by atoms with van der Waals surface area (Å²) in [6.07, 6.45) is 9.97. The number of likely N-dealkylation sites (tertiary alicyclic amines) is 1. The molecule has 3 nitrogen and oxygen atoms in total. The first-order chi connectivity index (χ1) is 9.62. The third-order valence-corrected chi connectivity index (χ3v) is 6.10. The molecule has 2 aliphatic carbocycles. The summed E-state index contributed by atoms with van der Waals surface area (Å²) in [7, 11) is 0. The number of hydrogen-bond acceptors (Lipinski definition) is 3. The van der Waals surface area contributed by atoms with Crippen molar-refractivity contribution in [2.75, 3.05) is 13.1 Å². The zero-order valence-electron chi connectivity index (χ0n) is 12.8. The van der Waals surface area contributed by atoms with Gasteiger partial charge in [0.05, 0.1) is 17.1 Å². The Labute approximate surface area is 123 Å². The van der Waals surface area contributed by atoms with Crippen molar-refractivity contribution < 1.29 is 5.11 Å². The van der Waals surface area contributed by atoms with Gasteiger partial charge in [-0.1, -0.05) is 19.8 Å². The van der Waals surface area contributed by atoms with Crippen molar-refractivity contribution in [3.63, 3.8) is 0 Å². The van der Waals surface area contributed by atoms with Gasteiger partial charge in [0.15, 0.2) is 0 Å². The van der Waals surface area contributed by atoms with Crippen molar-refractivity contribution in [3.05, 3.63) is 0 Å². The van der Waals surface area contributed by atoms with E-state index in [9.17, 15) is 10.4 Å². The minimum absolute atomic E-state index is 0.471. The molecule has 3 heteroatoms. The van der Waals surface area contributed by atoms with Crippen molar-refractivity contribution >= 4 is 0 Å². The molecule has 20 heavy (non-hydrogen) atoms. The number of rotatable bonds is 4. The summed E-state index contributed by atoms with van der Waals surface area (Å²) in [6, 6.07) is 3.27. The Bertz CT molecular complexity index is 390. The lowest BCUT2D eigenvalue weighted by Crippen LogP contribution is -2.51. The van der Waals surface area contributed by atoms with Gasteiger partial charge in [-0.15, -0.1) is 0 Å². The first-order valence-corrected chi connectivity index (χ1v) is 8.50. The fraction of sp³-hybridized carbons (Fsp3) is 0.941. The van der Waals surface area contributed by atoms with E-state index in [-0.39, 0.29) is 0 Å². The van der Waals surface area contributed by atoms with E-state index in [0.717, 1.165) is 51.1 Å². The summed E-state index contributed by atoms with van der Waals surface area (Å²) in [6.45, 7) is 3.97. The first kappa shape index (κ1) is 14.4. The van der Waals surface area contributed by atoms with Crippen molar-refractivity contribution in [3.8, 4) is 6.07 Å². The first-order valence-electron chi connectivity index (χ1n) is 8.50. The summed E-state index contributed by atoms with van der Waals surface area (Å²) >= 11 is 0. The largest absolute Gasteiger partial charge is 0.387 e. The van der Waals surface area contributed by atoms with Crippen LogP contribution in [0.5, 0.6) is 0 Å². The molecule has 1 saturated heterocycles. The van der Waals surface area contributed by atoms with Crippen LogP contribution >= 0.6 is 0 Å². The molecule has 0 amide bonds. The summed E-state index contributed by atoms with van der Waals surface area (Å²) < 4.78 is 0. The summed E-state index contributed by atoms with van der Waals surface area (Å²) in [5, 5.41) is 21.0. The lowest BCUT2D eigenvalue weighted by atomic mass is 9.61. The van der Waals surface area contributed by atoms with Gasteiger partial charge in [-0.2, -0.15) is 5.26 Å². The smallest absolute Gasteiger partial charge is 0.0971 e. The third-order valence-electron chi connectivity index (χ3n) is 6.10. The second-order valence-corrected chi connectivity index (χ2v) is 7.41. The fourth-order valence-corrected chi connectivity index (χ4v) is 4.51. The van der Waals surface area contributed by atoms with Crippen molar-refractivity contribution in [1.82, 2.24) is 4.90 Å². The van der Waals surface area contributed by atoms with E-state index in [2.05, 4.69) is 17.9 Å². The van der Waals surface area contributed by atoms with E-state index in [0.29, 0.717) is 6.04 Å². The predicted molar refractivity (Wildman–Crippen MR) is 79.1 cm³/mol. The van der Waals surface area contributed by atoms with Gasteiger partial charge in [0.1, 0.15) is 0 Å². The van der Waals surface area contributed by atoms with Gasteiger partial charge >= 0.3 is 0 Å². The Morgan fingerprint density at radius 1 is 1.20 bits per heavy atom. The van der Waals surface area contributed by atoms with Crippen LogP contribution in [0.25, 0.3) is 0 Å². The molecule has 3 fully saturated rings. The van der Waals surface area contributed by atoms with Gasteiger partial charge in [-0.05, 0) is 50.9 Å². The highest BCUT2D eigenvalue weighted by atomic mass is 16.3. The van der Waals surface area contributed by atoms with E-state index < -0.39 is 11.0 Å². The molecule has 1 N–H and O–H groups in total. The predicted octanol–water partition coefficient (Wildman–Crippen LogP) is 3.09. The van der Waals surface area contributed by atoms with Gasteiger partial charge in [-0.3, -0.25) is 4.90 Å². The number of nitriles is 1. The molecular weight excluding hydrogens is 248 g/mol. The Balaban J connectivity index is 1.68. The van der Waals surface area contributed by atoms with Gasteiger partial charge < -0.3 is 5.11 Å². The summed E-state index contributed by atoms with van der Waals surface area (Å²) in [5.74, 6) is 0.783. The maximum absolute atomic E-state index is 11.2. The molecule has 1 atom stereocenters. The molecule has 1 heterocycles. The fourth-order valence-electron chi connectivity index (χ4n) is 4.51. The molecule has 0 aromatic carbocycles. The van der Waals surface area contributed by atoms with E-state index in [1.165, 1.54) is 25.7 Å². The highest BCUT2D eigenvalue weighted by Gasteiger charge is 2.56. The van der Waals surface area contributed by atoms with Gasteiger partial charge in [0, 0.05) is 19.1 Å². The monoisotopic (exact) mass is 276 g/mol. The summed E-state index contributed by atoms with van der Waals surface area (Å²) in [5.41, 5.74) is -1.22. The molecular formula is C17H28N2O. The van der Waals surface area contributed by atoms with Crippen LogP contribution in [-0.4, -0.2) is 34.7 Å². The van der Waals surface area contributed by atoms with Crippen molar-refractivity contribution in [2.24, 2.45) is 11.3 Å². The van der Waals surface area contributed by atoms with E-state index in [1.807, 2.05) is 0 Å². The molecule has 2 saturated carbocycles. The minimum atomic E-state index is -0.748. The summed E-state index contributed by atoms with van der Waals surface area (Å²) in [4.78, 5) is 2.43. The van der Waals surface area contributed by atoms with Crippen LogP contribution in [0.2, 0.25) is 0 Å². The Hall–Kier alpha value is -0.590. The number of aliphatic hydroxyl groups is 1. The number of nitrogens with zero attached hydrogens (tertiary/aromatic N) is 2. The second-order valence-electron chi connectivity index (χ2n) is 7.41. The molecule has 112 valence electrons. The molecule has 0 spiro atoms. The quantitative estimate of drug-likeness (QED) is 0.858.